The van der Waals surface area contributed by atoms with Crippen LogP contribution in [0.15, 0.2) is 42.6 Å². The van der Waals surface area contributed by atoms with Crippen LogP contribution in [0.2, 0.25) is 0 Å². The van der Waals surface area contributed by atoms with Crippen molar-refractivity contribution in [2.45, 2.75) is 12.7 Å². The van der Waals surface area contributed by atoms with Gasteiger partial charge in [0.05, 0.1) is 19.0 Å². The zero-order chi connectivity index (χ0) is 18.3. The summed E-state index contributed by atoms with van der Waals surface area (Å²) in [6.45, 7) is -1.14. The summed E-state index contributed by atoms with van der Waals surface area (Å²) in [5.41, 5.74) is 1.17. The first-order chi connectivity index (χ1) is 11.9. The molecule has 0 aliphatic heterocycles. The van der Waals surface area contributed by atoms with E-state index in [1.54, 1.807) is 25.3 Å². The van der Waals surface area contributed by atoms with E-state index in [1.165, 1.54) is 18.3 Å². The van der Waals surface area contributed by atoms with E-state index in [2.05, 4.69) is 20.4 Å². The van der Waals surface area contributed by atoms with Crippen molar-refractivity contribution in [3.05, 3.63) is 48.2 Å². The third kappa shape index (κ3) is 6.58. The molecule has 25 heavy (non-hydrogen) atoms. The number of urea groups is 1. The van der Waals surface area contributed by atoms with Gasteiger partial charge in [-0.2, -0.15) is 13.2 Å². The molecule has 0 saturated heterocycles. The van der Waals surface area contributed by atoms with E-state index < -0.39 is 18.8 Å². The summed E-state index contributed by atoms with van der Waals surface area (Å²) >= 11 is 0. The van der Waals surface area contributed by atoms with Gasteiger partial charge in [-0.15, -0.1) is 0 Å². The molecule has 0 bridgehead atoms. The molecule has 9 heteroatoms. The van der Waals surface area contributed by atoms with Gasteiger partial charge in [0.1, 0.15) is 5.75 Å². The molecule has 0 atom stereocenters. The van der Waals surface area contributed by atoms with Crippen molar-refractivity contribution in [2.75, 3.05) is 19.0 Å². The van der Waals surface area contributed by atoms with Crippen molar-refractivity contribution >= 4 is 11.7 Å². The van der Waals surface area contributed by atoms with Crippen LogP contribution in [0.1, 0.15) is 5.56 Å². The highest BCUT2D eigenvalue weighted by atomic mass is 19.4. The van der Waals surface area contributed by atoms with Gasteiger partial charge in [0, 0.05) is 12.6 Å². The first kappa shape index (κ1) is 18.4. The Kier molecular flexibility index (Phi) is 6.04. The second-order valence-electron chi connectivity index (χ2n) is 4.95. The number of alkyl halides is 3. The Balaban J connectivity index is 1.81. The van der Waals surface area contributed by atoms with Gasteiger partial charge in [0.15, 0.2) is 6.61 Å². The number of rotatable bonds is 6. The molecule has 0 saturated carbocycles. The zero-order valence-corrected chi connectivity index (χ0v) is 13.3. The number of ether oxygens (including phenoxy) is 2. The predicted molar refractivity (Wildman–Crippen MR) is 84.6 cm³/mol. The summed E-state index contributed by atoms with van der Waals surface area (Å²) in [6.07, 6.45) is -3.23. The van der Waals surface area contributed by atoms with Crippen LogP contribution in [-0.2, 0) is 6.54 Å². The van der Waals surface area contributed by atoms with Crippen LogP contribution in [0.3, 0.4) is 0 Å². The SMILES string of the molecule is COc1cccc(CNC(=O)Nc2ccc(OCC(F)(F)F)nc2)c1. The van der Waals surface area contributed by atoms with E-state index in [1.807, 2.05) is 6.07 Å². The lowest BCUT2D eigenvalue weighted by molar-refractivity contribution is -0.154. The van der Waals surface area contributed by atoms with Crippen LogP contribution in [0, 0.1) is 0 Å². The molecule has 0 aliphatic rings. The van der Waals surface area contributed by atoms with Crippen molar-refractivity contribution in [1.29, 1.82) is 0 Å². The molecule has 1 heterocycles. The molecule has 0 radical (unpaired) electrons. The van der Waals surface area contributed by atoms with Gasteiger partial charge in [-0.3, -0.25) is 0 Å². The fraction of sp³-hybridized carbons (Fsp3) is 0.250. The van der Waals surface area contributed by atoms with Crippen LogP contribution in [0.4, 0.5) is 23.7 Å². The molecule has 134 valence electrons. The van der Waals surface area contributed by atoms with E-state index in [4.69, 9.17) is 4.74 Å². The van der Waals surface area contributed by atoms with Crippen LogP contribution < -0.4 is 20.1 Å². The summed E-state index contributed by atoms with van der Waals surface area (Å²) in [6, 6.07) is 9.36. The predicted octanol–water partition coefficient (Wildman–Crippen LogP) is 3.35. The number of pyridine rings is 1. The van der Waals surface area contributed by atoms with E-state index in [-0.39, 0.29) is 12.4 Å². The number of methoxy groups -OCH3 is 1. The summed E-state index contributed by atoms with van der Waals surface area (Å²) in [5.74, 6) is 0.498. The lowest BCUT2D eigenvalue weighted by Crippen LogP contribution is -2.28. The van der Waals surface area contributed by atoms with Crippen molar-refractivity contribution in [3.8, 4) is 11.6 Å². The number of carbonyl (C=O) groups is 1. The Morgan fingerprint density at radius 2 is 2.04 bits per heavy atom. The van der Waals surface area contributed by atoms with Crippen molar-refractivity contribution in [3.63, 3.8) is 0 Å². The fourth-order valence-electron chi connectivity index (χ4n) is 1.84. The molecular weight excluding hydrogens is 339 g/mol. The van der Waals surface area contributed by atoms with Gasteiger partial charge in [0.25, 0.3) is 0 Å². The third-order valence-corrected chi connectivity index (χ3v) is 2.97. The molecule has 0 spiro atoms. The minimum absolute atomic E-state index is 0.181. The number of anilines is 1. The molecule has 2 rings (SSSR count). The number of nitrogens with zero attached hydrogens (tertiary/aromatic N) is 1. The van der Waals surface area contributed by atoms with Gasteiger partial charge >= 0.3 is 12.2 Å². The van der Waals surface area contributed by atoms with Crippen molar-refractivity contribution in [2.24, 2.45) is 0 Å². The molecule has 2 N–H and O–H groups in total. The van der Waals surface area contributed by atoms with Crippen molar-refractivity contribution < 1.29 is 27.4 Å². The molecule has 1 aromatic heterocycles. The van der Waals surface area contributed by atoms with E-state index in [0.717, 1.165) is 5.56 Å². The van der Waals surface area contributed by atoms with Gasteiger partial charge in [-0.25, -0.2) is 9.78 Å². The number of hydrogen-bond donors (Lipinski definition) is 2. The Morgan fingerprint density at radius 1 is 1.24 bits per heavy atom. The monoisotopic (exact) mass is 355 g/mol. The number of halogens is 3. The fourth-order valence-corrected chi connectivity index (χ4v) is 1.84. The molecule has 0 aliphatic carbocycles. The minimum atomic E-state index is -4.43. The Labute approximate surface area is 142 Å². The molecule has 1 aromatic carbocycles. The van der Waals surface area contributed by atoms with E-state index >= 15 is 0 Å². The van der Waals surface area contributed by atoms with Gasteiger partial charge < -0.3 is 20.1 Å². The van der Waals surface area contributed by atoms with E-state index in [9.17, 15) is 18.0 Å². The van der Waals surface area contributed by atoms with Crippen LogP contribution >= 0.6 is 0 Å². The molecule has 0 fully saturated rings. The number of aromatic nitrogens is 1. The number of nitrogens with one attached hydrogen (secondary N) is 2. The zero-order valence-electron chi connectivity index (χ0n) is 13.3. The third-order valence-electron chi connectivity index (χ3n) is 2.97. The number of carbonyl (C=O) groups excluding carboxylic acids is 1. The average Bonchev–Trinajstić information content (AvgIpc) is 2.59. The van der Waals surface area contributed by atoms with Gasteiger partial charge in [0.2, 0.25) is 5.88 Å². The summed E-state index contributed by atoms with van der Waals surface area (Å²) in [4.78, 5) is 15.5. The Bertz CT molecular complexity index is 706. The molecule has 6 nitrogen and oxygen atoms in total. The maximum absolute atomic E-state index is 12.0. The maximum Gasteiger partial charge on any atom is 0.422 e. The quantitative estimate of drug-likeness (QED) is 0.834. The second-order valence-corrected chi connectivity index (χ2v) is 4.95. The first-order valence-electron chi connectivity index (χ1n) is 7.19. The topological polar surface area (TPSA) is 72.5 Å². The molecular formula is C16H16F3N3O3. The van der Waals surface area contributed by atoms with Crippen LogP contribution in [0.25, 0.3) is 0 Å². The first-order valence-corrected chi connectivity index (χ1v) is 7.19. The Hall–Kier alpha value is -2.97. The molecule has 2 aromatic rings. The van der Waals surface area contributed by atoms with E-state index in [0.29, 0.717) is 11.4 Å². The molecule has 2 amide bonds. The van der Waals surface area contributed by atoms with Gasteiger partial charge in [-0.1, -0.05) is 12.1 Å². The lowest BCUT2D eigenvalue weighted by Gasteiger charge is -2.10. The summed E-state index contributed by atoms with van der Waals surface area (Å²) in [5, 5.41) is 5.16. The van der Waals surface area contributed by atoms with Gasteiger partial charge in [-0.05, 0) is 23.8 Å². The van der Waals surface area contributed by atoms with Crippen LogP contribution in [0.5, 0.6) is 11.6 Å². The smallest absolute Gasteiger partial charge is 0.422 e. The second kappa shape index (κ2) is 8.22. The largest absolute Gasteiger partial charge is 0.497 e. The normalized spacial score (nSPS) is 10.9. The standard InChI is InChI=1S/C16H16F3N3O3/c1-24-13-4-2-3-11(7-13)8-21-15(23)22-12-5-6-14(20-9-12)25-10-16(17,18)19/h2-7,9H,8,10H2,1H3,(H2,21,22,23). The summed E-state index contributed by atoms with van der Waals surface area (Å²) < 4.78 is 45.7. The lowest BCUT2D eigenvalue weighted by atomic mass is 10.2. The number of benzene rings is 1. The number of amides is 2. The molecule has 0 unspecified atom stereocenters. The Morgan fingerprint density at radius 3 is 2.68 bits per heavy atom. The highest BCUT2D eigenvalue weighted by molar-refractivity contribution is 5.88. The maximum atomic E-state index is 12.0. The van der Waals surface area contributed by atoms with Crippen LogP contribution in [-0.4, -0.2) is 30.9 Å². The highest BCUT2D eigenvalue weighted by Gasteiger charge is 2.28. The highest BCUT2D eigenvalue weighted by Crippen LogP contribution is 2.18. The number of hydrogen-bond acceptors (Lipinski definition) is 4. The minimum Gasteiger partial charge on any atom is -0.497 e. The van der Waals surface area contributed by atoms with Crippen molar-refractivity contribution in [1.82, 2.24) is 10.3 Å². The summed E-state index contributed by atoms with van der Waals surface area (Å²) in [7, 11) is 1.55. The average molecular weight is 355 g/mol.